The number of likely N-dealkylation sites (tertiary alicyclic amines) is 1. The maximum atomic E-state index is 12.7. The van der Waals surface area contributed by atoms with Crippen LogP contribution in [0, 0.1) is 11.3 Å². The van der Waals surface area contributed by atoms with E-state index in [4.69, 9.17) is 9.47 Å². The highest BCUT2D eigenvalue weighted by atomic mass is 16.6. The number of pyridine rings is 2. The molecule has 3 aliphatic rings. The molecule has 1 aromatic carbocycles. The second-order valence-electron chi connectivity index (χ2n) is 9.49. The predicted octanol–water partition coefficient (Wildman–Crippen LogP) is 1.61. The maximum Gasteiger partial charge on any atom is 0.252 e. The lowest BCUT2D eigenvalue weighted by atomic mass is 10.0. The number of rotatable bonds is 5. The lowest BCUT2D eigenvalue weighted by molar-refractivity contribution is 0.169. The van der Waals surface area contributed by atoms with Crippen molar-refractivity contribution in [2.45, 2.75) is 38.0 Å². The van der Waals surface area contributed by atoms with Crippen molar-refractivity contribution in [1.29, 1.82) is 5.26 Å². The maximum absolute atomic E-state index is 12.7. The van der Waals surface area contributed by atoms with E-state index < -0.39 is 0 Å². The normalized spacial score (nSPS) is 19.7. The third kappa shape index (κ3) is 3.99. The molecule has 0 saturated carbocycles. The number of nitriles is 1. The van der Waals surface area contributed by atoms with Gasteiger partial charge >= 0.3 is 0 Å². The minimum Gasteiger partial charge on any atom is -0.486 e. The third-order valence-electron chi connectivity index (χ3n) is 7.29. The van der Waals surface area contributed by atoms with Gasteiger partial charge in [0, 0.05) is 43.2 Å². The molecule has 5 heterocycles. The molecular formula is C26H27N5O4. The van der Waals surface area contributed by atoms with Crippen LogP contribution >= 0.6 is 0 Å². The van der Waals surface area contributed by atoms with E-state index in [1.807, 2.05) is 12.1 Å². The van der Waals surface area contributed by atoms with Crippen LogP contribution < -0.4 is 25.9 Å². The molecule has 0 amide bonds. The molecule has 3 aliphatic heterocycles. The van der Waals surface area contributed by atoms with Crippen LogP contribution in [0.1, 0.15) is 30.0 Å². The van der Waals surface area contributed by atoms with Crippen LogP contribution in [0.4, 0.5) is 0 Å². The van der Waals surface area contributed by atoms with Gasteiger partial charge in [0.15, 0.2) is 11.5 Å². The molecule has 2 aromatic heterocycles. The summed E-state index contributed by atoms with van der Waals surface area (Å²) in [6, 6.07) is 13.1. The summed E-state index contributed by atoms with van der Waals surface area (Å²) in [5, 5.41) is 14.0. The van der Waals surface area contributed by atoms with E-state index >= 15 is 0 Å². The van der Waals surface area contributed by atoms with Gasteiger partial charge in [-0.2, -0.15) is 5.26 Å². The number of ether oxygens (including phenoxy) is 2. The molecule has 1 atom stereocenters. The van der Waals surface area contributed by atoms with Crippen molar-refractivity contribution in [3.05, 3.63) is 68.2 Å². The Balaban J connectivity index is 1.08. The van der Waals surface area contributed by atoms with Crippen molar-refractivity contribution in [3.8, 4) is 17.6 Å². The molecule has 0 aliphatic carbocycles. The van der Waals surface area contributed by atoms with E-state index in [0.29, 0.717) is 49.4 Å². The molecule has 0 bridgehead atoms. The van der Waals surface area contributed by atoms with Gasteiger partial charge in [-0.05, 0) is 55.8 Å². The number of nitrogens with one attached hydrogen (secondary N) is 1. The molecule has 1 saturated heterocycles. The molecule has 3 aromatic rings. The van der Waals surface area contributed by atoms with Crippen molar-refractivity contribution >= 4 is 11.0 Å². The van der Waals surface area contributed by atoms with E-state index in [2.05, 4.69) is 16.3 Å². The first-order valence-electron chi connectivity index (χ1n) is 12.1. The van der Waals surface area contributed by atoms with Crippen LogP contribution in [0.2, 0.25) is 0 Å². The summed E-state index contributed by atoms with van der Waals surface area (Å²) < 4.78 is 14.8. The lowest BCUT2D eigenvalue weighted by Crippen LogP contribution is -2.44. The van der Waals surface area contributed by atoms with Crippen LogP contribution in [-0.2, 0) is 13.1 Å². The van der Waals surface area contributed by atoms with Gasteiger partial charge in [-0.15, -0.1) is 0 Å². The SMILES string of the molecule is N#Cc1cc(CNC2CCN(CC3Cn4c(=O)ccc5ccc(=O)n3c54)CC2)cc2c1OCCO2. The highest BCUT2D eigenvalue weighted by Gasteiger charge is 2.29. The highest BCUT2D eigenvalue weighted by molar-refractivity contribution is 5.76. The summed E-state index contributed by atoms with van der Waals surface area (Å²) in [4.78, 5) is 27.4. The zero-order valence-electron chi connectivity index (χ0n) is 19.4. The number of aromatic nitrogens is 2. The Morgan fingerprint density at radius 2 is 1.80 bits per heavy atom. The topological polar surface area (TPSA) is 102 Å². The fourth-order valence-corrected chi connectivity index (χ4v) is 5.57. The minimum atomic E-state index is -0.0547. The van der Waals surface area contributed by atoms with Gasteiger partial charge in [0.1, 0.15) is 24.9 Å². The molecule has 9 nitrogen and oxygen atoms in total. The third-order valence-corrected chi connectivity index (χ3v) is 7.29. The first-order chi connectivity index (χ1) is 17.1. The Morgan fingerprint density at radius 3 is 2.60 bits per heavy atom. The van der Waals surface area contributed by atoms with E-state index in [1.54, 1.807) is 33.4 Å². The number of hydrogen-bond acceptors (Lipinski definition) is 7. The molecule has 180 valence electrons. The van der Waals surface area contributed by atoms with E-state index in [0.717, 1.165) is 49.1 Å². The molecule has 9 heteroatoms. The zero-order valence-corrected chi connectivity index (χ0v) is 19.4. The monoisotopic (exact) mass is 473 g/mol. The first-order valence-corrected chi connectivity index (χ1v) is 12.1. The minimum absolute atomic E-state index is 0.0343. The second-order valence-corrected chi connectivity index (χ2v) is 9.49. The average Bonchev–Trinajstić information content (AvgIpc) is 3.28. The Morgan fingerprint density at radius 1 is 1.03 bits per heavy atom. The Bertz CT molecular complexity index is 1440. The fourth-order valence-electron chi connectivity index (χ4n) is 5.57. The molecule has 0 radical (unpaired) electrons. The van der Waals surface area contributed by atoms with Gasteiger partial charge in [0.05, 0.1) is 11.6 Å². The quantitative estimate of drug-likeness (QED) is 0.601. The van der Waals surface area contributed by atoms with Gasteiger partial charge in [0.25, 0.3) is 11.1 Å². The summed E-state index contributed by atoms with van der Waals surface area (Å²) in [5.74, 6) is 1.19. The molecule has 35 heavy (non-hydrogen) atoms. The van der Waals surface area contributed by atoms with Gasteiger partial charge in [-0.1, -0.05) is 0 Å². The molecule has 1 N–H and O–H groups in total. The number of nitrogens with zero attached hydrogens (tertiary/aromatic N) is 4. The van der Waals surface area contributed by atoms with Crippen molar-refractivity contribution < 1.29 is 9.47 Å². The fraction of sp³-hybridized carbons (Fsp3) is 0.423. The number of hydrogen-bond donors (Lipinski definition) is 1. The van der Waals surface area contributed by atoms with Crippen LogP contribution in [0.3, 0.4) is 0 Å². The van der Waals surface area contributed by atoms with Crippen molar-refractivity contribution in [2.75, 3.05) is 32.8 Å². The Labute approximate surface area is 202 Å². The van der Waals surface area contributed by atoms with Gasteiger partial charge in [0.2, 0.25) is 0 Å². The van der Waals surface area contributed by atoms with E-state index in [9.17, 15) is 14.9 Å². The number of fused-ring (bicyclic) bond motifs is 1. The molecule has 0 spiro atoms. The zero-order chi connectivity index (χ0) is 23.9. The second kappa shape index (κ2) is 8.87. The first kappa shape index (κ1) is 21.9. The van der Waals surface area contributed by atoms with Crippen LogP contribution in [-0.4, -0.2) is 52.9 Å². The standard InChI is InChI=1S/C26H27N5O4/c27-13-19-11-17(12-22-25(19)35-10-9-34-22)14-28-20-5-7-29(8-6-20)15-21-16-30-23(32)3-1-18-2-4-24(33)31(21)26(18)30/h1-4,11-12,20-21,28H,5-10,14-16H2. The van der Waals surface area contributed by atoms with Crippen LogP contribution in [0.25, 0.3) is 11.0 Å². The molecule has 6 rings (SSSR count). The van der Waals surface area contributed by atoms with E-state index in [1.165, 1.54) is 0 Å². The lowest BCUT2D eigenvalue weighted by Gasteiger charge is -2.34. The summed E-state index contributed by atoms with van der Waals surface area (Å²) in [6.45, 7) is 4.76. The molecular weight excluding hydrogens is 446 g/mol. The number of piperidine rings is 1. The van der Waals surface area contributed by atoms with E-state index in [-0.39, 0.29) is 17.2 Å². The van der Waals surface area contributed by atoms with Gasteiger partial charge < -0.3 is 19.7 Å². The van der Waals surface area contributed by atoms with Gasteiger partial charge in [-0.25, -0.2) is 0 Å². The summed E-state index contributed by atoms with van der Waals surface area (Å²) in [7, 11) is 0. The highest BCUT2D eigenvalue weighted by Crippen LogP contribution is 2.35. The molecule has 1 unspecified atom stereocenters. The largest absolute Gasteiger partial charge is 0.486 e. The van der Waals surface area contributed by atoms with Gasteiger partial charge in [-0.3, -0.25) is 18.7 Å². The van der Waals surface area contributed by atoms with Crippen LogP contribution in [0.15, 0.2) is 46.0 Å². The van der Waals surface area contributed by atoms with Crippen molar-refractivity contribution in [1.82, 2.24) is 19.4 Å². The Hall–Kier alpha value is -3.61. The van der Waals surface area contributed by atoms with Crippen molar-refractivity contribution in [2.24, 2.45) is 0 Å². The summed E-state index contributed by atoms with van der Waals surface area (Å²) >= 11 is 0. The molecule has 1 fully saturated rings. The summed E-state index contributed by atoms with van der Waals surface area (Å²) in [6.07, 6.45) is 1.99. The smallest absolute Gasteiger partial charge is 0.252 e. The van der Waals surface area contributed by atoms with Crippen molar-refractivity contribution in [3.63, 3.8) is 0 Å². The Kier molecular flexibility index (Phi) is 5.55. The van der Waals surface area contributed by atoms with Crippen LogP contribution in [0.5, 0.6) is 11.5 Å². The average molecular weight is 474 g/mol. The number of benzene rings is 1. The summed E-state index contributed by atoms with van der Waals surface area (Å²) in [5.41, 5.74) is 2.15. The predicted molar refractivity (Wildman–Crippen MR) is 130 cm³/mol.